The van der Waals surface area contributed by atoms with Gasteiger partial charge in [0.25, 0.3) is 0 Å². The lowest BCUT2D eigenvalue weighted by Gasteiger charge is -2.20. The molecule has 0 aliphatic carbocycles. The van der Waals surface area contributed by atoms with Gasteiger partial charge < -0.3 is 4.74 Å². The number of ether oxygens (including phenoxy) is 1. The van der Waals surface area contributed by atoms with Crippen LogP contribution in [-0.4, -0.2) is 14.5 Å². The van der Waals surface area contributed by atoms with Crippen LogP contribution in [0.15, 0.2) is 122 Å². The maximum Gasteiger partial charge on any atom is 0.137 e. The van der Waals surface area contributed by atoms with Crippen molar-refractivity contribution in [1.82, 2.24) is 14.5 Å². The van der Waals surface area contributed by atoms with Crippen LogP contribution in [0.1, 0.15) is 26.3 Å². The van der Waals surface area contributed by atoms with Crippen LogP contribution in [0.25, 0.3) is 59.1 Å². The van der Waals surface area contributed by atoms with Crippen LogP contribution in [0.2, 0.25) is 0 Å². The van der Waals surface area contributed by atoms with Crippen LogP contribution in [0.3, 0.4) is 0 Å². The second-order valence-electron chi connectivity index (χ2n) is 11.9. The zero-order valence-corrected chi connectivity index (χ0v) is 25.0. The fourth-order valence-electron chi connectivity index (χ4n) is 5.99. The summed E-state index contributed by atoms with van der Waals surface area (Å²) in [6.45, 7) is 6.73. The Balaban J connectivity index is 1.37. The summed E-state index contributed by atoms with van der Waals surface area (Å²) in [7, 11) is 0. The Morgan fingerprint density at radius 2 is 1.49 bits per heavy atom. The van der Waals surface area contributed by atoms with E-state index in [-0.39, 0.29) is 5.41 Å². The number of hydrogen-bond donors (Lipinski definition) is 0. The van der Waals surface area contributed by atoms with Crippen molar-refractivity contribution in [3.63, 3.8) is 0 Å². The monoisotopic (exact) mass is 575 g/mol. The molecule has 4 nitrogen and oxygen atoms in total. The molecule has 4 heterocycles. The summed E-state index contributed by atoms with van der Waals surface area (Å²) in [5, 5.41) is 4.91. The molecular weight excluding hydrogens is 547 g/mol. The fraction of sp³-hybridized carbons (Fsp3) is 0.105. The highest BCUT2D eigenvalue weighted by atomic mass is 32.1. The molecule has 0 saturated heterocycles. The summed E-state index contributed by atoms with van der Waals surface area (Å²) in [5.41, 5.74) is 5.41. The molecule has 0 bridgehead atoms. The van der Waals surface area contributed by atoms with Crippen molar-refractivity contribution in [1.29, 1.82) is 0 Å². The first-order chi connectivity index (χ1) is 20.9. The Hall–Kier alpha value is -5.00. The second kappa shape index (κ2) is 9.79. The van der Waals surface area contributed by atoms with Gasteiger partial charge in [-0.05, 0) is 71.6 Å². The molecule has 0 aliphatic rings. The fourth-order valence-corrected chi connectivity index (χ4v) is 7.10. The van der Waals surface area contributed by atoms with Crippen molar-refractivity contribution in [2.45, 2.75) is 26.2 Å². The number of hydrogen-bond acceptors (Lipinski definition) is 4. The number of rotatable bonds is 4. The van der Waals surface area contributed by atoms with Gasteiger partial charge in [-0.15, -0.1) is 11.3 Å². The summed E-state index contributed by atoms with van der Waals surface area (Å²) >= 11 is 1.84. The first-order valence-electron chi connectivity index (χ1n) is 14.5. The van der Waals surface area contributed by atoms with E-state index in [0.717, 1.165) is 34.1 Å². The van der Waals surface area contributed by atoms with Crippen LogP contribution in [-0.2, 0) is 5.41 Å². The average Bonchev–Trinajstić information content (AvgIpc) is 3.56. The van der Waals surface area contributed by atoms with Crippen molar-refractivity contribution < 1.29 is 4.74 Å². The Kier molecular flexibility index (Phi) is 5.85. The maximum absolute atomic E-state index is 6.50. The van der Waals surface area contributed by atoms with E-state index < -0.39 is 0 Å². The van der Waals surface area contributed by atoms with Gasteiger partial charge in [-0.1, -0.05) is 63.2 Å². The average molecular weight is 576 g/mol. The van der Waals surface area contributed by atoms with Gasteiger partial charge in [0.1, 0.15) is 17.3 Å². The van der Waals surface area contributed by atoms with E-state index in [9.17, 15) is 0 Å². The molecule has 5 heteroatoms. The molecule has 0 atom stereocenters. The molecule has 4 aromatic heterocycles. The quantitative estimate of drug-likeness (QED) is 0.210. The summed E-state index contributed by atoms with van der Waals surface area (Å²) in [6.07, 6.45) is 3.74. The van der Waals surface area contributed by atoms with Crippen molar-refractivity contribution in [3.05, 3.63) is 127 Å². The third-order valence-corrected chi connectivity index (χ3v) is 9.25. The van der Waals surface area contributed by atoms with E-state index in [1.165, 1.54) is 42.0 Å². The Morgan fingerprint density at radius 3 is 2.35 bits per heavy atom. The number of benzene rings is 4. The standard InChI is InChI=1S/C38H29N3OS/c1-38(2,3)25-18-20-40-35(22-25)41-32-23-27(42-26-10-8-9-24(21-26)31-12-6-7-19-39-31)14-15-28(32)29-16-17-34-36(37(29)41)30-11-4-5-13-33(30)43-34/h4-23H,1-3H3. The second-order valence-corrected chi connectivity index (χ2v) is 13.0. The van der Waals surface area contributed by atoms with Crippen molar-refractivity contribution in [2.75, 3.05) is 0 Å². The maximum atomic E-state index is 6.50. The molecule has 0 N–H and O–H groups in total. The molecule has 0 saturated carbocycles. The smallest absolute Gasteiger partial charge is 0.137 e. The molecule has 0 radical (unpaired) electrons. The summed E-state index contributed by atoms with van der Waals surface area (Å²) in [5.74, 6) is 2.45. The topological polar surface area (TPSA) is 39.9 Å². The summed E-state index contributed by atoms with van der Waals surface area (Å²) < 4.78 is 11.4. The van der Waals surface area contributed by atoms with Crippen LogP contribution in [0, 0.1) is 0 Å². The molecule has 0 amide bonds. The van der Waals surface area contributed by atoms with E-state index in [2.05, 4.69) is 103 Å². The van der Waals surface area contributed by atoms with Gasteiger partial charge in [0.15, 0.2) is 0 Å². The Bertz CT molecular complexity index is 2310. The molecule has 0 aliphatic heterocycles. The van der Waals surface area contributed by atoms with Crippen molar-refractivity contribution >= 4 is 53.3 Å². The third-order valence-electron chi connectivity index (χ3n) is 8.11. The predicted molar refractivity (Wildman–Crippen MR) is 180 cm³/mol. The Morgan fingerprint density at radius 1 is 0.651 bits per heavy atom. The van der Waals surface area contributed by atoms with E-state index in [1.54, 1.807) is 0 Å². The van der Waals surface area contributed by atoms with Crippen LogP contribution < -0.4 is 4.74 Å². The van der Waals surface area contributed by atoms with E-state index in [4.69, 9.17) is 9.72 Å². The first-order valence-corrected chi connectivity index (χ1v) is 15.3. The van der Waals surface area contributed by atoms with E-state index in [1.807, 2.05) is 60.1 Å². The summed E-state index contributed by atoms with van der Waals surface area (Å²) in [4.78, 5) is 9.45. The van der Waals surface area contributed by atoms with Gasteiger partial charge >= 0.3 is 0 Å². The molecule has 43 heavy (non-hydrogen) atoms. The molecule has 8 rings (SSSR count). The van der Waals surface area contributed by atoms with Crippen molar-refractivity contribution in [3.8, 4) is 28.6 Å². The lowest BCUT2D eigenvalue weighted by Crippen LogP contribution is -2.12. The number of pyridine rings is 2. The summed E-state index contributed by atoms with van der Waals surface area (Å²) in [6, 6.07) is 38.0. The molecule has 0 unspecified atom stereocenters. The number of thiophene rings is 1. The van der Waals surface area contributed by atoms with Gasteiger partial charge in [0.2, 0.25) is 0 Å². The SMILES string of the molecule is CC(C)(C)c1ccnc(-n2c3cc(Oc4cccc(-c5ccccn5)c4)ccc3c3ccc4sc5ccccc5c4c32)c1. The number of aromatic nitrogens is 3. The minimum Gasteiger partial charge on any atom is -0.457 e. The number of nitrogens with zero attached hydrogens (tertiary/aromatic N) is 3. The minimum atomic E-state index is -0.00620. The third kappa shape index (κ3) is 4.36. The molecule has 0 fully saturated rings. The highest BCUT2D eigenvalue weighted by Crippen LogP contribution is 2.44. The van der Waals surface area contributed by atoms with Gasteiger partial charge in [0, 0.05) is 55.0 Å². The lowest BCUT2D eigenvalue weighted by molar-refractivity contribution is 0.483. The van der Waals surface area contributed by atoms with E-state index in [0.29, 0.717) is 0 Å². The predicted octanol–water partition coefficient (Wildman–Crippen LogP) is 10.7. The van der Waals surface area contributed by atoms with Gasteiger partial charge in [-0.25, -0.2) is 4.98 Å². The van der Waals surface area contributed by atoms with Crippen LogP contribution in [0.5, 0.6) is 11.5 Å². The van der Waals surface area contributed by atoms with Gasteiger partial charge in [-0.2, -0.15) is 0 Å². The zero-order valence-electron chi connectivity index (χ0n) is 24.2. The molecular formula is C38H29N3OS. The largest absolute Gasteiger partial charge is 0.457 e. The molecule has 208 valence electrons. The first kappa shape index (κ1) is 25.7. The van der Waals surface area contributed by atoms with Gasteiger partial charge in [0.05, 0.1) is 16.7 Å². The highest BCUT2D eigenvalue weighted by Gasteiger charge is 2.21. The molecule has 8 aromatic rings. The van der Waals surface area contributed by atoms with E-state index >= 15 is 0 Å². The molecule has 0 spiro atoms. The Labute approximate surface area is 253 Å². The number of fused-ring (bicyclic) bond motifs is 7. The molecule has 4 aromatic carbocycles. The van der Waals surface area contributed by atoms with Crippen LogP contribution in [0.4, 0.5) is 0 Å². The minimum absolute atomic E-state index is 0.00620. The normalized spacial score (nSPS) is 12.1. The lowest BCUT2D eigenvalue weighted by atomic mass is 9.88. The zero-order chi connectivity index (χ0) is 29.1. The van der Waals surface area contributed by atoms with Crippen molar-refractivity contribution in [2.24, 2.45) is 0 Å². The van der Waals surface area contributed by atoms with Crippen LogP contribution >= 0.6 is 11.3 Å². The highest BCUT2D eigenvalue weighted by molar-refractivity contribution is 7.26. The van der Waals surface area contributed by atoms with Gasteiger partial charge in [-0.3, -0.25) is 9.55 Å².